The number of halogens is 2. The Balaban J connectivity index is 2.27. The predicted octanol–water partition coefficient (Wildman–Crippen LogP) is 3.73. The maximum absolute atomic E-state index is 6.08. The van der Waals surface area contributed by atoms with E-state index in [2.05, 4.69) is 48.8 Å². The average Bonchev–Trinajstić information content (AvgIpc) is 2.66. The third kappa shape index (κ3) is 3.01. The van der Waals surface area contributed by atoms with Crippen LogP contribution in [-0.4, -0.2) is 16.8 Å². The monoisotopic (exact) mass is 400 g/mol. The van der Waals surface area contributed by atoms with Crippen LogP contribution in [0.2, 0.25) is 0 Å². The lowest BCUT2D eigenvalue weighted by Crippen LogP contribution is -2.20. The Labute approximate surface area is 136 Å². The highest BCUT2D eigenvalue weighted by Gasteiger charge is 2.15. The Kier molecular flexibility index (Phi) is 4.75. The standard InChI is InChI=1S/C14H18Br2N4/c1-4-11-14(16)13(20(3)18-11)8-19(2)12-6-5-9(15)7-10(12)17/h5-7H,4,8,17H2,1-3H3. The van der Waals surface area contributed by atoms with Crippen LogP contribution >= 0.6 is 31.9 Å². The van der Waals surface area contributed by atoms with Gasteiger partial charge in [0, 0.05) is 18.6 Å². The molecule has 0 unspecified atom stereocenters. The van der Waals surface area contributed by atoms with Crippen molar-refractivity contribution in [1.29, 1.82) is 0 Å². The van der Waals surface area contributed by atoms with Crippen molar-refractivity contribution < 1.29 is 0 Å². The van der Waals surface area contributed by atoms with E-state index in [0.29, 0.717) is 0 Å². The van der Waals surface area contributed by atoms with E-state index in [0.717, 1.165) is 44.7 Å². The van der Waals surface area contributed by atoms with Crippen LogP contribution in [0, 0.1) is 0 Å². The summed E-state index contributed by atoms with van der Waals surface area (Å²) in [6.45, 7) is 2.85. The van der Waals surface area contributed by atoms with E-state index < -0.39 is 0 Å². The Morgan fingerprint density at radius 1 is 1.35 bits per heavy atom. The van der Waals surface area contributed by atoms with Crippen LogP contribution < -0.4 is 10.6 Å². The number of hydrogen-bond donors (Lipinski definition) is 1. The molecule has 0 saturated carbocycles. The lowest BCUT2D eigenvalue weighted by molar-refractivity contribution is 0.689. The molecule has 0 atom stereocenters. The first-order valence-corrected chi connectivity index (χ1v) is 7.99. The van der Waals surface area contributed by atoms with Gasteiger partial charge in [0.05, 0.1) is 33.8 Å². The van der Waals surface area contributed by atoms with Crippen molar-refractivity contribution in [2.24, 2.45) is 7.05 Å². The molecular weight excluding hydrogens is 384 g/mol. The molecule has 0 aliphatic rings. The van der Waals surface area contributed by atoms with Gasteiger partial charge in [0.1, 0.15) is 0 Å². The lowest BCUT2D eigenvalue weighted by Gasteiger charge is -2.21. The van der Waals surface area contributed by atoms with E-state index in [-0.39, 0.29) is 0 Å². The van der Waals surface area contributed by atoms with Crippen molar-refractivity contribution in [3.63, 3.8) is 0 Å². The zero-order chi connectivity index (χ0) is 14.9. The minimum Gasteiger partial charge on any atom is -0.397 e. The normalized spacial score (nSPS) is 10.8. The molecular formula is C14H18Br2N4. The van der Waals surface area contributed by atoms with E-state index in [1.165, 1.54) is 0 Å². The van der Waals surface area contributed by atoms with E-state index in [1.54, 1.807) is 0 Å². The van der Waals surface area contributed by atoms with Gasteiger partial charge in [-0.05, 0) is 40.5 Å². The molecule has 0 radical (unpaired) electrons. The van der Waals surface area contributed by atoms with Gasteiger partial charge in [-0.3, -0.25) is 4.68 Å². The highest BCUT2D eigenvalue weighted by molar-refractivity contribution is 9.10. The molecule has 2 N–H and O–H groups in total. The number of nitrogens with two attached hydrogens (primary N) is 1. The largest absolute Gasteiger partial charge is 0.397 e. The SMILES string of the molecule is CCc1nn(C)c(CN(C)c2ccc(Br)cc2N)c1Br. The smallest absolute Gasteiger partial charge is 0.0767 e. The topological polar surface area (TPSA) is 47.1 Å². The van der Waals surface area contributed by atoms with Crippen LogP contribution in [0.25, 0.3) is 0 Å². The highest BCUT2D eigenvalue weighted by atomic mass is 79.9. The number of aryl methyl sites for hydroxylation is 2. The Morgan fingerprint density at radius 3 is 2.60 bits per heavy atom. The summed E-state index contributed by atoms with van der Waals surface area (Å²) in [6.07, 6.45) is 0.915. The van der Waals surface area contributed by atoms with Crippen LogP contribution in [0.4, 0.5) is 11.4 Å². The lowest BCUT2D eigenvalue weighted by atomic mass is 10.2. The molecule has 2 aromatic rings. The molecule has 0 bridgehead atoms. The molecule has 20 heavy (non-hydrogen) atoms. The van der Waals surface area contributed by atoms with Crippen molar-refractivity contribution in [2.75, 3.05) is 17.7 Å². The molecule has 0 amide bonds. The number of nitrogen functional groups attached to an aromatic ring is 1. The zero-order valence-electron chi connectivity index (χ0n) is 11.8. The van der Waals surface area contributed by atoms with Gasteiger partial charge in [-0.15, -0.1) is 0 Å². The van der Waals surface area contributed by atoms with Crippen molar-refractivity contribution in [3.8, 4) is 0 Å². The molecule has 0 aliphatic heterocycles. The Morgan fingerprint density at radius 2 is 2.05 bits per heavy atom. The number of hydrogen-bond acceptors (Lipinski definition) is 3. The minimum absolute atomic E-state index is 0.746. The average molecular weight is 402 g/mol. The van der Waals surface area contributed by atoms with E-state index in [4.69, 9.17) is 5.73 Å². The molecule has 0 fully saturated rings. The number of aromatic nitrogens is 2. The summed E-state index contributed by atoms with van der Waals surface area (Å²) in [5.41, 5.74) is 10.1. The molecule has 1 aromatic carbocycles. The first kappa shape index (κ1) is 15.4. The fourth-order valence-electron chi connectivity index (χ4n) is 2.17. The van der Waals surface area contributed by atoms with Crippen LogP contribution in [0.1, 0.15) is 18.3 Å². The third-order valence-corrected chi connectivity index (χ3v) is 4.70. The molecule has 0 spiro atoms. The van der Waals surface area contributed by atoms with Gasteiger partial charge >= 0.3 is 0 Å². The van der Waals surface area contributed by atoms with Crippen molar-refractivity contribution >= 4 is 43.2 Å². The number of anilines is 2. The first-order valence-electron chi connectivity index (χ1n) is 6.40. The second kappa shape index (κ2) is 6.18. The second-order valence-corrected chi connectivity index (χ2v) is 6.45. The first-order chi connectivity index (χ1) is 9.43. The maximum atomic E-state index is 6.08. The number of benzene rings is 1. The Bertz CT molecular complexity index is 622. The maximum Gasteiger partial charge on any atom is 0.0767 e. The molecule has 1 aromatic heterocycles. The summed E-state index contributed by atoms with van der Waals surface area (Å²) in [5.74, 6) is 0. The zero-order valence-corrected chi connectivity index (χ0v) is 15.0. The van der Waals surface area contributed by atoms with Crippen molar-refractivity contribution in [2.45, 2.75) is 19.9 Å². The van der Waals surface area contributed by atoms with Gasteiger partial charge in [0.2, 0.25) is 0 Å². The van der Waals surface area contributed by atoms with Crippen LogP contribution in [0.15, 0.2) is 27.1 Å². The molecule has 4 nitrogen and oxygen atoms in total. The van der Waals surface area contributed by atoms with Crippen LogP contribution in [-0.2, 0) is 20.0 Å². The van der Waals surface area contributed by atoms with Gasteiger partial charge in [-0.2, -0.15) is 5.10 Å². The van der Waals surface area contributed by atoms with Gasteiger partial charge in [0.25, 0.3) is 0 Å². The quantitative estimate of drug-likeness (QED) is 0.794. The minimum atomic E-state index is 0.746. The van der Waals surface area contributed by atoms with Gasteiger partial charge in [-0.1, -0.05) is 22.9 Å². The Hall–Kier alpha value is -1.01. The molecule has 0 saturated heterocycles. The second-order valence-electron chi connectivity index (χ2n) is 4.74. The summed E-state index contributed by atoms with van der Waals surface area (Å²) >= 11 is 7.07. The molecule has 6 heteroatoms. The summed E-state index contributed by atoms with van der Waals surface area (Å²) in [6, 6.07) is 5.93. The van der Waals surface area contributed by atoms with E-state index in [9.17, 15) is 0 Å². The summed E-state index contributed by atoms with van der Waals surface area (Å²) in [4.78, 5) is 2.13. The summed E-state index contributed by atoms with van der Waals surface area (Å²) < 4.78 is 4.00. The van der Waals surface area contributed by atoms with E-state index in [1.807, 2.05) is 37.0 Å². The van der Waals surface area contributed by atoms with Gasteiger partial charge in [-0.25, -0.2) is 0 Å². The molecule has 2 rings (SSSR count). The third-order valence-electron chi connectivity index (χ3n) is 3.29. The predicted molar refractivity (Wildman–Crippen MR) is 90.9 cm³/mol. The van der Waals surface area contributed by atoms with Crippen LogP contribution in [0.5, 0.6) is 0 Å². The van der Waals surface area contributed by atoms with Crippen LogP contribution in [0.3, 0.4) is 0 Å². The van der Waals surface area contributed by atoms with E-state index >= 15 is 0 Å². The molecule has 0 aliphatic carbocycles. The van der Waals surface area contributed by atoms with Crippen molar-refractivity contribution in [3.05, 3.63) is 38.5 Å². The highest BCUT2D eigenvalue weighted by Crippen LogP contribution is 2.29. The number of rotatable bonds is 4. The van der Waals surface area contributed by atoms with Crippen molar-refractivity contribution in [1.82, 2.24) is 9.78 Å². The fraction of sp³-hybridized carbons (Fsp3) is 0.357. The summed E-state index contributed by atoms with van der Waals surface area (Å²) in [5, 5.41) is 4.52. The van der Waals surface area contributed by atoms with Gasteiger partial charge < -0.3 is 10.6 Å². The number of nitrogens with zero attached hydrogens (tertiary/aromatic N) is 3. The summed E-state index contributed by atoms with van der Waals surface area (Å²) in [7, 11) is 4.00. The molecule has 1 heterocycles. The molecule has 108 valence electrons. The fourth-order valence-corrected chi connectivity index (χ4v) is 3.29. The van der Waals surface area contributed by atoms with Gasteiger partial charge in [0.15, 0.2) is 0 Å².